The predicted octanol–water partition coefficient (Wildman–Crippen LogP) is -0.407. The molecule has 2 aromatic heterocycles. The standard InChI is InChI=1S/C14H18N4O3/c1-16-12-11(13(20)17(2)14(16)21)10(3-6-15-12)18-7-4-9(19)5-8-18/h3,6,9,19H,4-5,7-8H2,1-2H3. The van der Waals surface area contributed by atoms with Crippen molar-refractivity contribution in [2.45, 2.75) is 18.9 Å². The number of piperidine rings is 1. The van der Waals surface area contributed by atoms with E-state index in [0.29, 0.717) is 37.0 Å². The van der Waals surface area contributed by atoms with Crippen LogP contribution in [0.3, 0.4) is 0 Å². The summed E-state index contributed by atoms with van der Waals surface area (Å²) in [5, 5.41) is 10.1. The summed E-state index contributed by atoms with van der Waals surface area (Å²) in [6.45, 7) is 1.37. The smallest absolute Gasteiger partial charge is 0.332 e. The summed E-state index contributed by atoms with van der Waals surface area (Å²) in [4.78, 5) is 30.7. The van der Waals surface area contributed by atoms with Crippen LogP contribution in [0, 0.1) is 0 Å². The zero-order valence-corrected chi connectivity index (χ0v) is 12.1. The number of aliphatic hydroxyl groups excluding tert-OH is 1. The molecule has 0 aliphatic carbocycles. The monoisotopic (exact) mass is 290 g/mol. The third-order valence-electron chi connectivity index (χ3n) is 4.12. The van der Waals surface area contributed by atoms with Gasteiger partial charge < -0.3 is 10.0 Å². The number of aryl methyl sites for hydroxylation is 1. The maximum Gasteiger partial charge on any atom is 0.332 e. The average Bonchev–Trinajstić information content (AvgIpc) is 2.51. The van der Waals surface area contributed by atoms with E-state index < -0.39 is 0 Å². The highest BCUT2D eigenvalue weighted by Gasteiger charge is 2.21. The van der Waals surface area contributed by atoms with E-state index in [-0.39, 0.29) is 17.4 Å². The first-order chi connectivity index (χ1) is 10.0. The molecule has 7 nitrogen and oxygen atoms in total. The lowest BCUT2D eigenvalue weighted by Gasteiger charge is -2.32. The molecule has 1 aliphatic rings. The number of aromatic nitrogens is 3. The van der Waals surface area contributed by atoms with Gasteiger partial charge in [0.1, 0.15) is 5.39 Å². The van der Waals surface area contributed by atoms with Crippen LogP contribution in [0.4, 0.5) is 5.69 Å². The number of anilines is 1. The van der Waals surface area contributed by atoms with E-state index in [0.717, 1.165) is 10.3 Å². The Morgan fingerprint density at radius 1 is 1.19 bits per heavy atom. The quantitative estimate of drug-likeness (QED) is 0.772. The van der Waals surface area contributed by atoms with Crippen LogP contribution in [0.5, 0.6) is 0 Å². The van der Waals surface area contributed by atoms with Crippen LogP contribution in [0.25, 0.3) is 11.0 Å². The van der Waals surface area contributed by atoms with Gasteiger partial charge in [0.25, 0.3) is 5.56 Å². The first-order valence-corrected chi connectivity index (χ1v) is 6.98. The minimum Gasteiger partial charge on any atom is -0.393 e. The van der Waals surface area contributed by atoms with Gasteiger partial charge in [-0.15, -0.1) is 0 Å². The number of pyridine rings is 1. The maximum absolute atomic E-state index is 12.5. The van der Waals surface area contributed by atoms with Crippen molar-refractivity contribution in [2.75, 3.05) is 18.0 Å². The van der Waals surface area contributed by atoms with Crippen molar-refractivity contribution < 1.29 is 5.11 Å². The summed E-state index contributed by atoms with van der Waals surface area (Å²) in [6.07, 6.45) is 2.69. The highest BCUT2D eigenvalue weighted by Crippen LogP contribution is 2.24. The summed E-state index contributed by atoms with van der Waals surface area (Å²) >= 11 is 0. The Balaban J connectivity index is 2.25. The molecule has 3 heterocycles. The Kier molecular flexibility index (Phi) is 3.29. The van der Waals surface area contributed by atoms with E-state index in [1.54, 1.807) is 19.3 Å². The highest BCUT2D eigenvalue weighted by atomic mass is 16.3. The second kappa shape index (κ2) is 5.00. The molecule has 112 valence electrons. The van der Waals surface area contributed by atoms with Crippen molar-refractivity contribution in [2.24, 2.45) is 14.1 Å². The molecule has 1 aliphatic heterocycles. The summed E-state index contributed by atoms with van der Waals surface area (Å²) in [7, 11) is 3.09. The topological polar surface area (TPSA) is 80.4 Å². The number of rotatable bonds is 1. The number of nitrogens with zero attached hydrogens (tertiary/aromatic N) is 4. The Labute approximate surface area is 121 Å². The summed E-state index contributed by atoms with van der Waals surface area (Å²) in [6, 6.07) is 1.80. The highest BCUT2D eigenvalue weighted by molar-refractivity contribution is 5.88. The lowest BCUT2D eigenvalue weighted by molar-refractivity contribution is 0.145. The van der Waals surface area contributed by atoms with Gasteiger partial charge in [-0.1, -0.05) is 0 Å². The van der Waals surface area contributed by atoms with Gasteiger partial charge in [0.2, 0.25) is 0 Å². The van der Waals surface area contributed by atoms with Crippen molar-refractivity contribution in [3.63, 3.8) is 0 Å². The minimum absolute atomic E-state index is 0.276. The Morgan fingerprint density at radius 2 is 1.86 bits per heavy atom. The van der Waals surface area contributed by atoms with Crippen molar-refractivity contribution in [3.05, 3.63) is 33.1 Å². The molecule has 7 heteroatoms. The van der Waals surface area contributed by atoms with E-state index in [9.17, 15) is 14.7 Å². The molecule has 0 radical (unpaired) electrons. The second-order valence-electron chi connectivity index (χ2n) is 5.45. The van der Waals surface area contributed by atoms with Crippen LogP contribution >= 0.6 is 0 Å². The molecule has 0 amide bonds. The van der Waals surface area contributed by atoms with Gasteiger partial charge in [0.15, 0.2) is 5.65 Å². The van der Waals surface area contributed by atoms with E-state index in [4.69, 9.17) is 0 Å². The molecule has 1 N–H and O–H groups in total. The fourth-order valence-corrected chi connectivity index (χ4v) is 2.84. The van der Waals surface area contributed by atoms with Crippen LogP contribution in [0.2, 0.25) is 0 Å². The average molecular weight is 290 g/mol. The van der Waals surface area contributed by atoms with E-state index in [2.05, 4.69) is 9.88 Å². The van der Waals surface area contributed by atoms with Gasteiger partial charge in [0, 0.05) is 33.4 Å². The van der Waals surface area contributed by atoms with E-state index in [1.807, 2.05) is 0 Å². The fourth-order valence-electron chi connectivity index (χ4n) is 2.84. The SMILES string of the molecule is Cn1c(=O)c2c(N3CCC(O)CC3)ccnc2n(C)c1=O. The van der Waals surface area contributed by atoms with E-state index >= 15 is 0 Å². The summed E-state index contributed by atoms with van der Waals surface area (Å²) < 4.78 is 2.49. The largest absolute Gasteiger partial charge is 0.393 e. The Hall–Kier alpha value is -2.15. The predicted molar refractivity (Wildman–Crippen MR) is 79.7 cm³/mol. The Bertz CT molecular complexity index is 800. The molecule has 0 spiro atoms. The Morgan fingerprint density at radius 3 is 2.52 bits per heavy atom. The second-order valence-corrected chi connectivity index (χ2v) is 5.45. The van der Waals surface area contributed by atoms with Gasteiger partial charge in [-0.05, 0) is 18.9 Å². The van der Waals surface area contributed by atoms with Crippen LogP contribution in [0.15, 0.2) is 21.9 Å². The lowest BCUT2D eigenvalue weighted by atomic mass is 10.1. The molecule has 1 fully saturated rings. The molecule has 1 saturated heterocycles. The molecule has 0 saturated carbocycles. The molecular weight excluding hydrogens is 272 g/mol. The van der Waals surface area contributed by atoms with Crippen molar-refractivity contribution >= 4 is 16.7 Å². The molecule has 2 aromatic rings. The molecule has 0 unspecified atom stereocenters. The molecule has 0 aromatic carbocycles. The third kappa shape index (κ3) is 2.13. The fraction of sp³-hybridized carbons (Fsp3) is 0.500. The normalized spacial score (nSPS) is 16.6. The van der Waals surface area contributed by atoms with Crippen LogP contribution < -0.4 is 16.1 Å². The van der Waals surface area contributed by atoms with Crippen LogP contribution in [0.1, 0.15) is 12.8 Å². The van der Waals surface area contributed by atoms with Crippen molar-refractivity contribution in [3.8, 4) is 0 Å². The van der Waals surface area contributed by atoms with Crippen molar-refractivity contribution in [1.82, 2.24) is 14.1 Å². The van der Waals surface area contributed by atoms with Crippen LogP contribution in [-0.2, 0) is 14.1 Å². The zero-order chi connectivity index (χ0) is 15.1. The number of hydrogen-bond donors (Lipinski definition) is 1. The third-order valence-corrected chi connectivity index (χ3v) is 4.12. The molecular formula is C14H18N4O3. The first-order valence-electron chi connectivity index (χ1n) is 6.98. The molecule has 0 atom stereocenters. The molecule has 3 rings (SSSR count). The molecule has 21 heavy (non-hydrogen) atoms. The number of aliphatic hydroxyl groups is 1. The van der Waals surface area contributed by atoms with Gasteiger partial charge in [-0.3, -0.25) is 13.9 Å². The summed E-state index contributed by atoms with van der Waals surface area (Å²) in [5.41, 5.74) is 0.461. The van der Waals surface area contributed by atoms with E-state index in [1.165, 1.54) is 11.6 Å². The van der Waals surface area contributed by atoms with Gasteiger partial charge in [0.05, 0.1) is 11.8 Å². The number of fused-ring (bicyclic) bond motifs is 1. The zero-order valence-electron chi connectivity index (χ0n) is 12.1. The van der Waals surface area contributed by atoms with Crippen LogP contribution in [-0.4, -0.2) is 38.4 Å². The summed E-state index contributed by atoms with van der Waals surface area (Å²) in [5.74, 6) is 0. The van der Waals surface area contributed by atoms with Crippen molar-refractivity contribution in [1.29, 1.82) is 0 Å². The first kappa shape index (κ1) is 13.8. The van der Waals surface area contributed by atoms with Gasteiger partial charge in [-0.25, -0.2) is 9.78 Å². The van der Waals surface area contributed by atoms with Gasteiger partial charge >= 0.3 is 5.69 Å². The number of hydrogen-bond acceptors (Lipinski definition) is 5. The van der Waals surface area contributed by atoms with Gasteiger partial charge in [-0.2, -0.15) is 0 Å². The lowest BCUT2D eigenvalue weighted by Crippen LogP contribution is -2.40. The maximum atomic E-state index is 12.5. The minimum atomic E-state index is -0.383. The molecule has 0 bridgehead atoms.